The molecule has 1 aliphatic rings. The van der Waals surface area contributed by atoms with Gasteiger partial charge in [-0.05, 0) is 30.7 Å². The third-order valence-electron chi connectivity index (χ3n) is 4.44. The zero-order valence-corrected chi connectivity index (χ0v) is 15.4. The van der Waals surface area contributed by atoms with Gasteiger partial charge in [0.25, 0.3) is 5.69 Å². The Bertz CT molecular complexity index is 943. The fourth-order valence-electron chi connectivity index (χ4n) is 3.07. The Morgan fingerprint density at radius 3 is 2.61 bits per heavy atom. The van der Waals surface area contributed by atoms with Gasteiger partial charge in [0, 0.05) is 30.8 Å². The smallest absolute Gasteiger partial charge is 0.340 e. The SMILES string of the molecule is COC(=O)c1cc([N+](=O)[O-])ccc1Nc1ccc(OC)c(N2CCCC2=O)c1. The van der Waals surface area contributed by atoms with Gasteiger partial charge < -0.3 is 19.7 Å². The highest BCUT2D eigenvalue weighted by Crippen LogP contribution is 2.35. The Morgan fingerprint density at radius 1 is 1.21 bits per heavy atom. The lowest BCUT2D eigenvalue weighted by atomic mass is 10.1. The Balaban J connectivity index is 1.98. The van der Waals surface area contributed by atoms with Crippen molar-refractivity contribution < 1.29 is 24.0 Å². The Hall–Kier alpha value is -3.62. The summed E-state index contributed by atoms with van der Waals surface area (Å²) in [5.41, 5.74) is 1.38. The lowest BCUT2D eigenvalue weighted by Crippen LogP contribution is -2.24. The van der Waals surface area contributed by atoms with Crippen LogP contribution in [0.3, 0.4) is 0 Å². The molecule has 146 valence electrons. The van der Waals surface area contributed by atoms with Gasteiger partial charge in [-0.2, -0.15) is 0 Å². The van der Waals surface area contributed by atoms with Gasteiger partial charge in [0.05, 0.1) is 36.1 Å². The van der Waals surface area contributed by atoms with Gasteiger partial charge in [-0.15, -0.1) is 0 Å². The van der Waals surface area contributed by atoms with Crippen molar-refractivity contribution in [2.75, 3.05) is 31.0 Å². The average molecular weight is 385 g/mol. The number of benzene rings is 2. The molecule has 3 rings (SSSR count). The highest BCUT2D eigenvalue weighted by atomic mass is 16.6. The zero-order valence-electron chi connectivity index (χ0n) is 15.4. The fourth-order valence-corrected chi connectivity index (χ4v) is 3.07. The van der Waals surface area contributed by atoms with E-state index >= 15 is 0 Å². The first-order chi connectivity index (χ1) is 13.4. The van der Waals surface area contributed by atoms with Crippen LogP contribution in [0.5, 0.6) is 5.75 Å². The minimum atomic E-state index is -0.699. The van der Waals surface area contributed by atoms with E-state index in [2.05, 4.69) is 5.32 Å². The van der Waals surface area contributed by atoms with E-state index in [4.69, 9.17) is 9.47 Å². The van der Waals surface area contributed by atoms with E-state index in [-0.39, 0.29) is 17.2 Å². The molecular formula is C19H19N3O6. The predicted molar refractivity (Wildman–Crippen MR) is 102 cm³/mol. The zero-order chi connectivity index (χ0) is 20.3. The highest BCUT2D eigenvalue weighted by Gasteiger charge is 2.25. The van der Waals surface area contributed by atoms with Gasteiger partial charge in [-0.3, -0.25) is 14.9 Å². The van der Waals surface area contributed by atoms with Crippen LogP contribution in [0, 0.1) is 10.1 Å². The maximum atomic E-state index is 12.1. The van der Waals surface area contributed by atoms with E-state index in [1.54, 1.807) is 23.1 Å². The third-order valence-corrected chi connectivity index (χ3v) is 4.44. The van der Waals surface area contributed by atoms with E-state index in [9.17, 15) is 19.7 Å². The number of ether oxygens (including phenoxy) is 2. The molecule has 0 aromatic heterocycles. The summed E-state index contributed by atoms with van der Waals surface area (Å²) in [5, 5.41) is 14.1. The molecule has 1 N–H and O–H groups in total. The molecule has 2 aromatic rings. The van der Waals surface area contributed by atoms with E-state index in [0.29, 0.717) is 35.8 Å². The number of amides is 1. The molecule has 1 saturated heterocycles. The molecule has 0 aliphatic carbocycles. The molecule has 1 heterocycles. The largest absolute Gasteiger partial charge is 0.495 e. The first-order valence-corrected chi connectivity index (χ1v) is 8.56. The number of carbonyl (C=O) groups is 2. The minimum Gasteiger partial charge on any atom is -0.495 e. The van der Waals surface area contributed by atoms with Crippen LogP contribution in [0.4, 0.5) is 22.7 Å². The van der Waals surface area contributed by atoms with Crippen LogP contribution in [-0.4, -0.2) is 37.6 Å². The number of rotatable bonds is 6. The molecular weight excluding hydrogens is 366 g/mol. The van der Waals surface area contributed by atoms with Crippen LogP contribution >= 0.6 is 0 Å². The number of hydrogen-bond acceptors (Lipinski definition) is 7. The summed E-state index contributed by atoms with van der Waals surface area (Å²) in [6.07, 6.45) is 1.25. The number of nitrogens with one attached hydrogen (secondary N) is 1. The Labute approximate surface area is 161 Å². The number of non-ortho nitro benzene ring substituents is 1. The maximum Gasteiger partial charge on any atom is 0.340 e. The van der Waals surface area contributed by atoms with Gasteiger partial charge in [-0.25, -0.2) is 4.79 Å². The van der Waals surface area contributed by atoms with Crippen LogP contribution in [0.25, 0.3) is 0 Å². The lowest BCUT2D eigenvalue weighted by molar-refractivity contribution is -0.384. The van der Waals surface area contributed by atoms with Gasteiger partial charge >= 0.3 is 5.97 Å². The molecule has 0 spiro atoms. The molecule has 0 radical (unpaired) electrons. The number of carbonyl (C=O) groups excluding carboxylic acids is 2. The topological polar surface area (TPSA) is 111 Å². The summed E-state index contributed by atoms with van der Waals surface area (Å²) < 4.78 is 10.1. The van der Waals surface area contributed by atoms with Crippen LogP contribution in [-0.2, 0) is 9.53 Å². The Morgan fingerprint density at radius 2 is 2.00 bits per heavy atom. The van der Waals surface area contributed by atoms with Crippen molar-refractivity contribution in [1.29, 1.82) is 0 Å². The quantitative estimate of drug-likeness (QED) is 0.461. The fraction of sp³-hybridized carbons (Fsp3) is 0.263. The van der Waals surface area contributed by atoms with Crippen molar-refractivity contribution in [1.82, 2.24) is 0 Å². The number of nitro groups is 1. The van der Waals surface area contributed by atoms with Crippen molar-refractivity contribution >= 4 is 34.6 Å². The van der Waals surface area contributed by atoms with Crippen LogP contribution < -0.4 is 15.0 Å². The number of nitrogens with zero attached hydrogens (tertiary/aromatic N) is 2. The number of nitro benzene ring substituents is 1. The van der Waals surface area contributed by atoms with Gasteiger partial charge in [0.2, 0.25) is 5.91 Å². The van der Waals surface area contributed by atoms with Gasteiger partial charge in [0.1, 0.15) is 5.75 Å². The Kier molecular flexibility index (Phi) is 5.44. The average Bonchev–Trinajstić information content (AvgIpc) is 3.13. The van der Waals surface area contributed by atoms with E-state index in [1.165, 1.54) is 26.4 Å². The molecule has 0 saturated carbocycles. The van der Waals surface area contributed by atoms with Crippen LogP contribution in [0.1, 0.15) is 23.2 Å². The van der Waals surface area contributed by atoms with Crippen molar-refractivity contribution in [2.24, 2.45) is 0 Å². The minimum absolute atomic E-state index is 0.0148. The van der Waals surface area contributed by atoms with E-state index in [1.807, 2.05) is 0 Å². The van der Waals surface area contributed by atoms with Crippen LogP contribution in [0.15, 0.2) is 36.4 Å². The summed E-state index contributed by atoms with van der Waals surface area (Å²) in [7, 11) is 2.73. The predicted octanol–water partition coefficient (Wildman–Crippen LogP) is 3.26. The van der Waals surface area contributed by atoms with E-state index in [0.717, 1.165) is 12.5 Å². The molecule has 0 atom stereocenters. The van der Waals surface area contributed by atoms with E-state index < -0.39 is 10.9 Å². The standard InChI is InChI=1S/C19H19N3O6/c1-27-17-8-5-12(10-16(17)21-9-3-4-18(21)23)20-15-7-6-13(22(25)26)11-14(15)19(24)28-2/h5-8,10-11,20H,3-4,9H2,1-2H3. The summed E-state index contributed by atoms with van der Waals surface area (Å²) in [6.45, 7) is 0.601. The second-order valence-corrected chi connectivity index (χ2v) is 6.14. The van der Waals surface area contributed by atoms with Crippen molar-refractivity contribution in [3.05, 3.63) is 52.1 Å². The molecule has 2 aromatic carbocycles. The number of methoxy groups -OCH3 is 2. The number of esters is 1. The monoisotopic (exact) mass is 385 g/mol. The summed E-state index contributed by atoms with van der Waals surface area (Å²) in [4.78, 5) is 36.3. The molecule has 0 unspecified atom stereocenters. The summed E-state index contributed by atoms with van der Waals surface area (Å²) >= 11 is 0. The normalized spacial score (nSPS) is 13.4. The highest BCUT2D eigenvalue weighted by molar-refractivity contribution is 5.99. The number of anilines is 3. The second kappa shape index (κ2) is 7.95. The van der Waals surface area contributed by atoms with Crippen molar-refractivity contribution in [3.63, 3.8) is 0 Å². The maximum absolute atomic E-state index is 12.1. The molecule has 9 heteroatoms. The molecule has 1 aliphatic heterocycles. The van der Waals surface area contributed by atoms with Crippen molar-refractivity contribution in [3.8, 4) is 5.75 Å². The first-order valence-electron chi connectivity index (χ1n) is 8.56. The van der Waals surface area contributed by atoms with Gasteiger partial charge in [0.15, 0.2) is 0 Å². The lowest BCUT2D eigenvalue weighted by Gasteiger charge is -2.20. The summed E-state index contributed by atoms with van der Waals surface area (Å²) in [6, 6.07) is 9.07. The van der Waals surface area contributed by atoms with Crippen LogP contribution in [0.2, 0.25) is 0 Å². The molecule has 1 fully saturated rings. The first kappa shape index (κ1) is 19.2. The molecule has 0 bridgehead atoms. The molecule has 1 amide bonds. The number of hydrogen-bond donors (Lipinski definition) is 1. The van der Waals surface area contributed by atoms with Gasteiger partial charge in [-0.1, -0.05) is 0 Å². The second-order valence-electron chi connectivity index (χ2n) is 6.14. The molecule has 28 heavy (non-hydrogen) atoms. The van der Waals surface area contributed by atoms with Crippen molar-refractivity contribution in [2.45, 2.75) is 12.8 Å². The molecule has 9 nitrogen and oxygen atoms in total. The third kappa shape index (κ3) is 3.73. The summed E-state index contributed by atoms with van der Waals surface area (Å²) in [5.74, 6) is -0.131.